The number of hydrogen-bond donors (Lipinski definition) is 1. The molecule has 4 nitrogen and oxygen atoms in total. The first-order valence-electron chi connectivity index (χ1n) is 7.72. The molecule has 2 unspecified atom stereocenters. The van der Waals surface area contributed by atoms with Gasteiger partial charge in [-0.05, 0) is 43.2 Å². The van der Waals surface area contributed by atoms with Gasteiger partial charge in [0.2, 0.25) is 10.0 Å². The van der Waals surface area contributed by atoms with Crippen molar-refractivity contribution in [3.8, 4) is 0 Å². The molecular formula is C15H26N2O2S2. The Hall–Kier alpha value is -0.430. The zero-order valence-electron chi connectivity index (χ0n) is 12.9. The van der Waals surface area contributed by atoms with E-state index in [-0.39, 0.29) is 0 Å². The zero-order chi connectivity index (χ0) is 15.3. The molecule has 1 saturated heterocycles. The van der Waals surface area contributed by atoms with E-state index in [1.165, 1.54) is 11.1 Å². The first-order valence-corrected chi connectivity index (χ1v) is 10.5. The van der Waals surface area contributed by atoms with Gasteiger partial charge in [-0.3, -0.25) is 0 Å². The molecule has 6 heteroatoms. The van der Waals surface area contributed by atoms with Crippen molar-refractivity contribution in [2.75, 3.05) is 25.9 Å². The Labute approximate surface area is 132 Å². The second kappa shape index (κ2) is 7.72. The van der Waals surface area contributed by atoms with Gasteiger partial charge >= 0.3 is 0 Å². The lowest BCUT2D eigenvalue weighted by Gasteiger charge is -2.32. The van der Waals surface area contributed by atoms with Gasteiger partial charge in [0.05, 0.1) is 6.26 Å². The maximum Gasteiger partial charge on any atom is 0.211 e. The predicted molar refractivity (Wildman–Crippen MR) is 89.1 cm³/mol. The van der Waals surface area contributed by atoms with E-state index in [2.05, 4.69) is 29.8 Å². The molecule has 1 N–H and O–H groups in total. The quantitative estimate of drug-likeness (QED) is 0.836. The molecule has 0 aromatic carbocycles. The lowest BCUT2D eigenvalue weighted by Crippen LogP contribution is -2.42. The van der Waals surface area contributed by atoms with E-state index >= 15 is 0 Å². The molecule has 2 rings (SSSR count). The van der Waals surface area contributed by atoms with E-state index in [1.807, 2.05) is 0 Å². The minimum Gasteiger partial charge on any atom is -0.309 e. The Morgan fingerprint density at radius 3 is 2.95 bits per heavy atom. The van der Waals surface area contributed by atoms with Crippen molar-refractivity contribution >= 4 is 21.4 Å². The zero-order valence-corrected chi connectivity index (χ0v) is 14.5. The van der Waals surface area contributed by atoms with Gasteiger partial charge in [0.25, 0.3) is 0 Å². The van der Waals surface area contributed by atoms with Crippen LogP contribution in [0.2, 0.25) is 0 Å². The van der Waals surface area contributed by atoms with Crippen LogP contribution in [0.25, 0.3) is 0 Å². The topological polar surface area (TPSA) is 49.4 Å². The Morgan fingerprint density at radius 2 is 2.33 bits per heavy atom. The van der Waals surface area contributed by atoms with Crippen molar-refractivity contribution in [1.29, 1.82) is 0 Å². The normalized spacial score (nSPS) is 22.3. The second-order valence-corrected chi connectivity index (χ2v) is 8.86. The van der Waals surface area contributed by atoms with E-state index in [0.717, 1.165) is 32.2 Å². The third-order valence-corrected chi connectivity index (χ3v) is 6.32. The van der Waals surface area contributed by atoms with Gasteiger partial charge in [-0.1, -0.05) is 19.4 Å². The predicted octanol–water partition coefficient (Wildman–Crippen LogP) is 2.85. The average Bonchev–Trinajstić information content (AvgIpc) is 2.97. The standard InChI is InChI=1S/C15H26N2O2S2/c1-3-6-14(15-8-5-10-20-15)16-11-13-7-4-9-17(12-13)21(2,18)19/h5,8,10,13-14,16H,3-4,6-7,9,11-12H2,1-2H3. The SMILES string of the molecule is CCCC(NCC1CCCN(S(C)(=O)=O)C1)c1cccs1. The van der Waals surface area contributed by atoms with Crippen LogP contribution in [-0.4, -0.2) is 38.6 Å². The summed E-state index contributed by atoms with van der Waals surface area (Å²) >= 11 is 1.79. The van der Waals surface area contributed by atoms with Gasteiger partial charge in [-0.25, -0.2) is 12.7 Å². The van der Waals surface area contributed by atoms with Crippen molar-refractivity contribution in [1.82, 2.24) is 9.62 Å². The highest BCUT2D eigenvalue weighted by Crippen LogP contribution is 2.25. The highest BCUT2D eigenvalue weighted by atomic mass is 32.2. The molecule has 120 valence electrons. The van der Waals surface area contributed by atoms with Gasteiger partial charge in [0.15, 0.2) is 0 Å². The number of thiophene rings is 1. The van der Waals surface area contributed by atoms with Gasteiger partial charge in [-0.15, -0.1) is 11.3 Å². The monoisotopic (exact) mass is 330 g/mol. The van der Waals surface area contributed by atoms with E-state index in [4.69, 9.17) is 0 Å². The summed E-state index contributed by atoms with van der Waals surface area (Å²) < 4.78 is 25.0. The summed E-state index contributed by atoms with van der Waals surface area (Å²) in [5, 5.41) is 5.77. The molecular weight excluding hydrogens is 304 g/mol. The van der Waals surface area contributed by atoms with Crippen LogP contribution in [0.1, 0.15) is 43.5 Å². The molecule has 0 aliphatic carbocycles. The first-order chi connectivity index (χ1) is 10.0. The number of hydrogen-bond acceptors (Lipinski definition) is 4. The molecule has 0 bridgehead atoms. The minimum atomic E-state index is -3.04. The van der Waals surface area contributed by atoms with Gasteiger partial charge in [0, 0.05) is 24.0 Å². The molecule has 0 spiro atoms. The molecule has 1 aliphatic rings. The Bertz CT molecular complexity index is 514. The molecule has 0 radical (unpaired) electrons. The fourth-order valence-electron chi connectivity index (χ4n) is 2.93. The number of piperidine rings is 1. The van der Waals surface area contributed by atoms with Crippen molar-refractivity contribution in [2.45, 2.75) is 38.6 Å². The summed E-state index contributed by atoms with van der Waals surface area (Å²) in [7, 11) is -3.04. The van der Waals surface area contributed by atoms with Crippen LogP contribution in [0.5, 0.6) is 0 Å². The summed E-state index contributed by atoms with van der Waals surface area (Å²) in [5.41, 5.74) is 0. The fraction of sp³-hybridized carbons (Fsp3) is 0.733. The Balaban J connectivity index is 1.89. The van der Waals surface area contributed by atoms with E-state index in [9.17, 15) is 8.42 Å². The maximum absolute atomic E-state index is 11.7. The number of sulfonamides is 1. The number of nitrogens with zero attached hydrogens (tertiary/aromatic N) is 1. The second-order valence-electron chi connectivity index (χ2n) is 5.89. The van der Waals surface area contributed by atoms with Crippen LogP contribution in [0, 0.1) is 5.92 Å². The molecule has 1 fully saturated rings. The molecule has 1 aromatic rings. The molecule has 2 atom stereocenters. The highest BCUT2D eigenvalue weighted by molar-refractivity contribution is 7.88. The van der Waals surface area contributed by atoms with Crippen LogP contribution < -0.4 is 5.32 Å². The third-order valence-electron chi connectivity index (χ3n) is 4.07. The van der Waals surface area contributed by atoms with Crippen molar-refractivity contribution < 1.29 is 8.42 Å². The van der Waals surface area contributed by atoms with Crippen LogP contribution >= 0.6 is 11.3 Å². The van der Waals surface area contributed by atoms with Crippen LogP contribution in [0.4, 0.5) is 0 Å². The smallest absolute Gasteiger partial charge is 0.211 e. The molecule has 1 aliphatic heterocycles. The van der Waals surface area contributed by atoms with E-state index < -0.39 is 10.0 Å². The molecule has 0 saturated carbocycles. The van der Waals surface area contributed by atoms with Crippen LogP contribution in [0.3, 0.4) is 0 Å². The summed E-state index contributed by atoms with van der Waals surface area (Å²) in [5.74, 6) is 0.424. The first kappa shape index (κ1) is 16.9. The summed E-state index contributed by atoms with van der Waals surface area (Å²) in [6.45, 7) is 4.44. The molecule has 1 aromatic heterocycles. The summed E-state index contributed by atoms with van der Waals surface area (Å²) in [4.78, 5) is 1.38. The van der Waals surface area contributed by atoms with Gasteiger partial charge in [0.1, 0.15) is 0 Å². The van der Waals surface area contributed by atoms with Gasteiger partial charge < -0.3 is 5.32 Å². The maximum atomic E-state index is 11.7. The summed E-state index contributed by atoms with van der Waals surface area (Å²) in [6.07, 6.45) is 5.67. The largest absolute Gasteiger partial charge is 0.309 e. The van der Waals surface area contributed by atoms with E-state index in [1.54, 1.807) is 15.6 Å². The number of nitrogens with one attached hydrogen (secondary N) is 1. The molecule has 0 amide bonds. The lowest BCUT2D eigenvalue weighted by atomic mass is 9.99. The fourth-order valence-corrected chi connectivity index (χ4v) is 4.71. The summed E-state index contributed by atoms with van der Waals surface area (Å²) in [6, 6.07) is 4.68. The van der Waals surface area contributed by atoms with Crippen LogP contribution in [0.15, 0.2) is 17.5 Å². The molecule has 2 heterocycles. The number of rotatable bonds is 7. The third kappa shape index (κ3) is 5.06. The molecule has 21 heavy (non-hydrogen) atoms. The lowest BCUT2D eigenvalue weighted by molar-refractivity contribution is 0.254. The average molecular weight is 331 g/mol. The van der Waals surface area contributed by atoms with Crippen LogP contribution in [-0.2, 0) is 10.0 Å². The van der Waals surface area contributed by atoms with Gasteiger partial charge in [-0.2, -0.15) is 0 Å². The van der Waals surface area contributed by atoms with Crippen molar-refractivity contribution in [2.24, 2.45) is 5.92 Å². The highest BCUT2D eigenvalue weighted by Gasteiger charge is 2.26. The van der Waals surface area contributed by atoms with Crippen molar-refractivity contribution in [3.05, 3.63) is 22.4 Å². The van der Waals surface area contributed by atoms with Crippen molar-refractivity contribution in [3.63, 3.8) is 0 Å². The Morgan fingerprint density at radius 1 is 1.52 bits per heavy atom. The minimum absolute atomic E-state index is 0.406. The van der Waals surface area contributed by atoms with E-state index in [0.29, 0.717) is 25.0 Å². The Kier molecular flexibility index (Phi) is 6.22.